The molecule has 4 heteroatoms. The Hall–Kier alpha value is -1.29. The van der Waals surface area contributed by atoms with Crippen molar-refractivity contribution in [1.82, 2.24) is 4.98 Å². The summed E-state index contributed by atoms with van der Waals surface area (Å²) in [7, 11) is 2.14. The van der Waals surface area contributed by atoms with Crippen LogP contribution in [0.15, 0.2) is 28.9 Å². The number of rotatable bonds is 0. The molecule has 1 aliphatic rings. The minimum atomic E-state index is 0.867. The monoisotopic (exact) mass is 300 g/mol. The van der Waals surface area contributed by atoms with Crippen molar-refractivity contribution in [3.05, 3.63) is 51.3 Å². The first-order chi connectivity index (χ1) is 8.63. The van der Waals surface area contributed by atoms with Crippen LogP contribution in [-0.4, -0.2) is 12.8 Å². The van der Waals surface area contributed by atoms with Gasteiger partial charge >= 0.3 is 0 Å². The highest BCUT2D eigenvalue weighted by Crippen LogP contribution is 2.25. The second kappa shape index (κ2) is 4.43. The van der Waals surface area contributed by atoms with Gasteiger partial charge in [-0.2, -0.15) is 0 Å². The smallest absolute Gasteiger partial charge is 0.139 e. The van der Waals surface area contributed by atoms with Gasteiger partial charge in [-0.15, -0.1) is 0 Å². The van der Waals surface area contributed by atoms with Crippen LogP contribution >= 0.6 is 15.9 Å². The second-order valence-electron chi connectivity index (χ2n) is 4.91. The normalized spacial score (nSPS) is 13.6. The summed E-state index contributed by atoms with van der Waals surface area (Å²) in [5.41, 5.74) is 13.4. The van der Waals surface area contributed by atoms with Crippen LogP contribution in [0.3, 0.4) is 0 Å². The molecular formula is C14H14BBrN2. The molecule has 1 heterocycles. The molecule has 1 aliphatic carbocycles. The molecule has 2 aromatic rings. The molecule has 3 rings (SSSR count). The molecule has 1 aromatic heterocycles. The maximum Gasteiger partial charge on any atom is 0.139 e. The molecule has 0 saturated heterocycles. The number of nitrogens with zero attached hydrogens (tertiary/aromatic N) is 1. The fourth-order valence-corrected chi connectivity index (χ4v) is 3.10. The molecule has 0 radical (unpaired) electrons. The zero-order chi connectivity index (χ0) is 12.7. The number of aromatic nitrogens is 1. The zero-order valence-electron chi connectivity index (χ0n) is 10.3. The van der Waals surface area contributed by atoms with Gasteiger partial charge in [-0.25, -0.2) is 0 Å². The van der Waals surface area contributed by atoms with E-state index in [9.17, 15) is 0 Å². The van der Waals surface area contributed by atoms with E-state index in [-0.39, 0.29) is 0 Å². The van der Waals surface area contributed by atoms with E-state index < -0.39 is 0 Å². The van der Waals surface area contributed by atoms with Gasteiger partial charge in [0, 0.05) is 28.5 Å². The van der Waals surface area contributed by atoms with Crippen LogP contribution < -0.4 is 11.2 Å². The lowest BCUT2D eigenvalue weighted by Crippen LogP contribution is -2.15. The minimum Gasteiger partial charge on any atom is -0.399 e. The summed E-state index contributed by atoms with van der Waals surface area (Å²) in [5, 5.41) is 0. The molecule has 0 amide bonds. The average Bonchev–Trinajstić information content (AvgIpc) is 2.49. The van der Waals surface area contributed by atoms with Gasteiger partial charge in [-0.05, 0) is 63.7 Å². The number of fused-ring (bicyclic) bond motifs is 2. The van der Waals surface area contributed by atoms with Crippen molar-refractivity contribution in [2.45, 2.75) is 19.3 Å². The first kappa shape index (κ1) is 11.8. The fraction of sp³-hybridized carbons (Fsp3) is 0.214. The van der Waals surface area contributed by atoms with E-state index in [4.69, 9.17) is 5.73 Å². The Morgan fingerprint density at radius 2 is 1.94 bits per heavy atom. The third-order valence-corrected chi connectivity index (χ3v) is 4.06. The quantitative estimate of drug-likeness (QED) is 0.590. The summed E-state index contributed by atoms with van der Waals surface area (Å²) < 4.78 is 1.06. The van der Waals surface area contributed by atoms with E-state index in [0.29, 0.717) is 0 Å². The van der Waals surface area contributed by atoms with E-state index in [2.05, 4.69) is 47.0 Å². The molecule has 0 saturated carbocycles. The largest absolute Gasteiger partial charge is 0.399 e. The number of anilines is 1. The first-order valence-electron chi connectivity index (χ1n) is 6.14. The van der Waals surface area contributed by atoms with Crippen molar-refractivity contribution < 1.29 is 0 Å². The number of nitrogens with two attached hydrogens (primary N) is 1. The molecule has 1 aromatic carbocycles. The average molecular weight is 301 g/mol. The Morgan fingerprint density at radius 3 is 2.78 bits per heavy atom. The molecule has 0 atom stereocenters. The van der Waals surface area contributed by atoms with Gasteiger partial charge < -0.3 is 5.73 Å². The number of hydrogen-bond donors (Lipinski definition) is 1. The molecule has 0 unspecified atom stereocenters. The Labute approximate surface area is 116 Å². The molecule has 0 spiro atoms. The summed E-state index contributed by atoms with van der Waals surface area (Å²) in [6, 6.07) is 6.36. The Balaban J connectivity index is 2.12. The molecule has 2 nitrogen and oxygen atoms in total. The van der Waals surface area contributed by atoms with Gasteiger partial charge in [0.1, 0.15) is 7.85 Å². The predicted octanol–water partition coefficient (Wildman–Crippen LogP) is 1.37. The summed E-state index contributed by atoms with van der Waals surface area (Å²) in [4.78, 5) is 4.56. The van der Waals surface area contributed by atoms with Gasteiger partial charge in [0.2, 0.25) is 0 Å². The zero-order valence-corrected chi connectivity index (χ0v) is 11.9. The van der Waals surface area contributed by atoms with Gasteiger partial charge in [0.05, 0.1) is 0 Å². The van der Waals surface area contributed by atoms with Gasteiger partial charge in [-0.3, -0.25) is 4.98 Å². The van der Waals surface area contributed by atoms with Crippen molar-refractivity contribution in [2.24, 2.45) is 0 Å². The van der Waals surface area contributed by atoms with Crippen LogP contribution in [0.5, 0.6) is 0 Å². The number of nitrogen functional groups attached to an aromatic ring is 1. The van der Waals surface area contributed by atoms with Crippen molar-refractivity contribution in [2.75, 3.05) is 5.73 Å². The summed E-state index contributed by atoms with van der Waals surface area (Å²) in [6.45, 7) is 0. The Kier molecular flexibility index (Phi) is 2.90. The molecule has 0 fully saturated rings. The third-order valence-electron chi connectivity index (χ3n) is 3.62. The fourth-order valence-electron chi connectivity index (χ4n) is 2.72. The first-order valence-corrected chi connectivity index (χ1v) is 6.94. The van der Waals surface area contributed by atoms with Crippen LogP contribution in [0.25, 0.3) is 0 Å². The van der Waals surface area contributed by atoms with Crippen LogP contribution in [0.1, 0.15) is 22.4 Å². The molecule has 0 bridgehead atoms. The molecule has 2 N–H and O–H groups in total. The number of hydrogen-bond acceptors (Lipinski definition) is 2. The lowest BCUT2D eigenvalue weighted by molar-refractivity contribution is 0.950. The molecule has 0 aliphatic heterocycles. The summed E-state index contributed by atoms with van der Waals surface area (Å²) >= 11 is 3.49. The summed E-state index contributed by atoms with van der Waals surface area (Å²) in [6.07, 6.45) is 4.89. The van der Waals surface area contributed by atoms with Gasteiger partial charge in [-0.1, -0.05) is 5.46 Å². The standard InChI is InChI=1S/C14H14BBrN2/c15-13-5-11(17)4-8-1-2-9-3-10(16)7-18-14(9)6-12(8)13/h3-5,7H,1-2,6,15,17H2. The molecule has 90 valence electrons. The van der Waals surface area contributed by atoms with Crippen molar-refractivity contribution >= 4 is 34.9 Å². The maximum absolute atomic E-state index is 5.94. The Morgan fingerprint density at radius 1 is 1.17 bits per heavy atom. The van der Waals surface area contributed by atoms with Crippen molar-refractivity contribution in [1.29, 1.82) is 0 Å². The lowest BCUT2D eigenvalue weighted by Gasteiger charge is -2.11. The molecule has 18 heavy (non-hydrogen) atoms. The summed E-state index contributed by atoms with van der Waals surface area (Å²) in [5.74, 6) is 0. The highest BCUT2D eigenvalue weighted by atomic mass is 79.9. The van der Waals surface area contributed by atoms with E-state index >= 15 is 0 Å². The van der Waals surface area contributed by atoms with Gasteiger partial charge in [0.15, 0.2) is 0 Å². The second-order valence-corrected chi connectivity index (χ2v) is 5.83. The van der Waals surface area contributed by atoms with Crippen LogP contribution in [0.2, 0.25) is 0 Å². The number of aryl methyl sites for hydroxylation is 2. The van der Waals surface area contributed by atoms with E-state index in [1.54, 1.807) is 0 Å². The predicted molar refractivity (Wildman–Crippen MR) is 81.2 cm³/mol. The van der Waals surface area contributed by atoms with Gasteiger partial charge in [0.25, 0.3) is 0 Å². The number of benzene rings is 1. The highest BCUT2D eigenvalue weighted by Gasteiger charge is 2.16. The lowest BCUT2D eigenvalue weighted by atomic mass is 9.85. The van der Waals surface area contributed by atoms with Crippen molar-refractivity contribution in [3.8, 4) is 0 Å². The van der Waals surface area contributed by atoms with E-state index in [1.165, 1.54) is 27.8 Å². The van der Waals surface area contributed by atoms with Crippen molar-refractivity contribution in [3.63, 3.8) is 0 Å². The van der Waals surface area contributed by atoms with Crippen LogP contribution in [0.4, 0.5) is 5.69 Å². The highest BCUT2D eigenvalue weighted by molar-refractivity contribution is 9.10. The molecular weight excluding hydrogens is 287 g/mol. The Bertz CT molecular complexity index is 625. The topological polar surface area (TPSA) is 38.9 Å². The maximum atomic E-state index is 5.94. The minimum absolute atomic E-state index is 0.867. The number of halogens is 1. The van der Waals surface area contributed by atoms with Crippen LogP contribution in [0, 0.1) is 0 Å². The van der Waals surface area contributed by atoms with E-state index in [1.807, 2.05) is 6.20 Å². The van der Waals surface area contributed by atoms with Crippen LogP contribution in [-0.2, 0) is 19.3 Å². The third kappa shape index (κ3) is 2.05. The van der Waals surface area contributed by atoms with E-state index in [0.717, 1.165) is 29.4 Å². The number of pyridine rings is 1. The SMILES string of the molecule is Bc1cc(N)cc2c1Cc1ncc(Br)cc1CC2.